The maximum Gasteiger partial charge on any atom is 0.193 e. The highest BCUT2D eigenvalue weighted by molar-refractivity contribution is 14.0. The van der Waals surface area contributed by atoms with E-state index in [1.807, 2.05) is 11.6 Å². The van der Waals surface area contributed by atoms with Gasteiger partial charge in [-0.25, -0.2) is 0 Å². The molecular weight excluding hydrogens is 415 g/mol. The molecule has 24 heavy (non-hydrogen) atoms. The van der Waals surface area contributed by atoms with Crippen molar-refractivity contribution < 1.29 is 0 Å². The number of nitrogens with zero attached hydrogens (tertiary/aromatic N) is 5. The van der Waals surface area contributed by atoms with Gasteiger partial charge in [0.25, 0.3) is 0 Å². The Morgan fingerprint density at radius 2 is 1.83 bits per heavy atom. The Labute approximate surface area is 161 Å². The molecule has 0 amide bonds. The lowest BCUT2D eigenvalue weighted by molar-refractivity contribution is 0.473. The summed E-state index contributed by atoms with van der Waals surface area (Å²) in [5, 5.41) is 11.0. The van der Waals surface area contributed by atoms with Crippen LogP contribution in [-0.2, 0) is 13.1 Å². The summed E-state index contributed by atoms with van der Waals surface area (Å²) in [7, 11) is 3.89. The van der Waals surface area contributed by atoms with Crippen molar-refractivity contribution in [3.63, 3.8) is 0 Å². The molecule has 0 saturated heterocycles. The first-order chi connectivity index (χ1) is 11.2. The van der Waals surface area contributed by atoms with Crippen molar-refractivity contribution in [2.45, 2.75) is 32.9 Å². The van der Waals surface area contributed by atoms with Gasteiger partial charge >= 0.3 is 0 Å². The van der Waals surface area contributed by atoms with E-state index in [1.54, 1.807) is 12.7 Å². The number of guanidine groups is 1. The van der Waals surface area contributed by atoms with E-state index in [-0.39, 0.29) is 24.0 Å². The molecule has 0 aliphatic heterocycles. The van der Waals surface area contributed by atoms with Crippen molar-refractivity contribution in [1.29, 1.82) is 0 Å². The molecule has 0 aliphatic carbocycles. The van der Waals surface area contributed by atoms with Gasteiger partial charge in [-0.1, -0.05) is 29.8 Å². The van der Waals surface area contributed by atoms with Crippen LogP contribution in [0.25, 0.3) is 0 Å². The quantitative estimate of drug-likeness (QED) is 0.310. The standard InChI is InChI=1S/C17H26N6.HI/c1-15-6-8-16(9-7-15)12-22(3)17(18-2)19-10-4-5-11-23-13-20-21-14-23;/h6-9,13-14H,4-5,10-12H2,1-3H3,(H,18,19);1H. The summed E-state index contributed by atoms with van der Waals surface area (Å²) >= 11 is 0. The van der Waals surface area contributed by atoms with E-state index in [9.17, 15) is 0 Å². The van der Waals surface area contributed by atoms with Crippen molar-refractivity contribution in [2.24, 2.45) is 4.99 Å². The predicted molar refractivity (Wildman–Crippen MR) is 109 cm³/mol. The number of unbranched alkanes of at least 4 members (excludes halogenated alkanes) is 1. The lowest BCUT2D eigenvalue weighted by Gasteiger charge is -2.22. The minimum Gasteiger partial charge on any atom is -0.356 e. The average Bonchev–Trinajstić information content (AvgIpc) is 3.06. The van der Waals surface area contributed by atoms with E-state index in [0.717, 1.165) is 38.4 Å². The lowest BCUT2D eigenvalue weighted by Crippen LogP contribution is -2.38. The molecule has 2 rings (SSSR count). The van der Waals surface area contributed by atoms with Crippen molar-refractivity contribution in [2.75, 3.05) is 20.6 Å². The third-order valence-electron chi connectivity index (χ3n) is 3.71. The van der Waals surface area contributed by atoms with Gasteiger partial charge in [0.2, 0.25) is 0 Å². The Balaban J connectivity index is 0.00000288. The summed E-state index contributed by atoms with van der Waals surface area (Å²) in [5.41, 5.74) is 2.57. The second-order valence-corrected chi connectivity index (χ2v) is 5.72. The minimum absolute atomic E-state index is 0. The van der Waals surface area contributed by atoms with Crippen LogP contribution in [0.1, 0.15) is 24.0 Å². The highest BCUT2D eigenvalue weighted by Gasteiger charge is 2.06. The third-order valence-corrected chi connectivity index (χ3v) is 3.71. The van der Waals surface area contributed by atoms with Crippen molar-refractivity contribution in [1.82, 2.24) is 25.0 Å². The number of hydrogen-bond acceptors (Lipinski definition) is 3. The summed E-state index contributed by atoms with van der Waals surface area (Å²) in [6, 6.07) is 8.62. The molecule has 1 heterocycles. The van der Waals surface area contributed by atoms with Gasteiger partial charge < -0.3 is 14.8 Å². The van der Waals surface area contributed by atoms with Crippen LogP contribution in [-0.4, -0.2) is 46.3 Å². The average molecular weight is 442 g/mol. The van der Waals surface area contributed by atoms with Gasteiger partial charge in [-0.3, -0.25) is 4.99 Å². The Morgan fingerprint density at radius 3 is 2.46 bits per heavy atom. The Bertz CT molecular complexity index is 594. The molecule has 1 aromatic carbocycles. The molecule has 0 saturated carbocycles. The van der Waals surface area contributed by atoms with Crippen LogP contribution < -0.4 is 5.32 Å². The predicted octanol–water partition coefficient (Wildman–Crippen LogP) is 2.69. The molecule has 0 unspecified atom stereocenters. The Kier molecular flexibility index (Phi) is 9.36. The van der Waals surface area contributed by atoms with E-state index in [0.29, 0.717) is 0 Å². The molecule has 0 atom stereocenters. The maximum absolute atomic E-state index is 4.36. The van der Waals surface area contributed by atoms with E-state index >= 15 is 0 Å². The van der Waals surface area contributed by atoms with Gasteiger partial charge in [0.1, 0.15) is 12.7 Å². The first-order valence-corrected chi connectivity index (χ1v) is 7.99. The molecular formula is C17H27IN6. The molecule has 1 aromatic heterocycles. The van der Waals surface area contributed by atoms with Gasteiger partial charge in [0, 0.05) is 33.7 Å². The first-order valence-electron chi connectivity index (χ1n) is 7.99. The molecule has 132 valence electrons. The van der Waals surface area contributed by atoms with Crippen LogP contribution in [0, 0.1) is 6.92 Å². The fourth-order valence-electron chi connectivity index (χ4n) is 2.38. The van der Waals surface area contributed by atoms with Gasteiger partial charge in [-0.15, -0.1) is 34.2 Å². The first kappa shape index (κ1) is 20.4. The molecule has 0 radical (unpaired) electrons. The lowest BCUT2D eigenvalue weighted by atomic mass is 10.1. The normalized spacial score (nSPS) is 11.0. The molecule has 7 heteroatoms. The van der Waals surface area contributed by atoms with Crippen LogP contribution in [0.3, 0.4) is 0 Å². The van der Waals surface area contributed by atoms with Crippen LogP contribution in [0.5, 0.6) is 0 Å². The minimum atomic E-state index is 0. The number of nitrogens with one attached hydrogen (secondary N) is 1. The fraction of sp³-hybridized carbons (Fsp3) is 0.471. The van der Waals surface area contributed by atoms with Crippen LogP contribution in [0.15, 0.2) is 41.9 Å². The summed E-state index contributed by atoms with van der Waals surface area (Å²) in [6.07, 6.45) is 5.67. The zero-order chi connectivity index (χ0) is 16.5. The molecule has 0 fully saturated rings. The number of hydrogen-bond donors (Lipinski definition) is 1. The molecule has 0 bridgehead atoms. The zero-order valence-electron chi connectivity index (χ0n) is 14.6. The van der Waals surface area contributed by atoms with E-state index < -0.39 is 0 Å². The fourth-order valence-corrected chi connectivity index (χ4v) is 2.38. The highest BCUT2D eigenvalue weighted by Crippen LogP contribution is 2.06. The number of aliphatic imine (C=N–C) groups is 1. The van der Waals surface area contributed by atoms with Crippen molar-refractivity contribution in [3.8, 4) is 0 Å². The number of rotatable bonds is 7. The number of aromatic nitrogens is 3. The monoisotopic (exact) mass is 442 g/mol. The number of benzene rings is 1. The van der Waals surface area contributed by atoms with Crippen LogP contribution >= 0.6 is 24.0 Å². The SMILES string of the molecule is CN=C(NCCCCn1cnnc1)N(C)Cc1ccc(C)cc1.I. The second kappa shape index (κ2) is 11.0. The van der Waals surface area contributed by atoms with Gasteiger partial charge in [-0.2, -0.15) is 0 Å². The Hall–Kier alpha value is -1.64. The van der Waals surface area contributed by atoms with Gasteiger partial charge in [0.15, 0.2) is 5.96 Å². The summed E-state index contributed by atoms with van der Waals surface area (Å²) in [5.74, 6) is 0.926. The summed E-state index contributed by atoms with van der Waals surface area (Å²) in [6.45, 7) is 4.81. The van der Waals surface area contributed by atoms with Crippen LogP contribution in [0.2, 0.25) is 0 Å². The molecule has 6 nitrogen and oxygen atoms in total. The number of halogens is 1. The molecule has 0 spiro atoms. The van der Waals surface area contributed by atoms with E-state index in [4.69, 9.17) is 0 Å². The van der Waals surface area contributed by atoms with Crippen molar-refractivity contribution in [3.05, 3.63) is 48.0 Å². The summed E-state index contributed by atoms with van der Waals surface area (Å²) < 4.78 is 2.00. The molecule has 1 N–H and O–H groups in total. The van der Waals surface area contributed by atoms with E-state index in [2.05, 4.69) is 63.6 Å². The Morgan fingerprint density at radius 1 is 1.17 bits per heavy atom. The highest BCUT2D eigenvalue weighted by atomic mass is 127. The smallest absolute Gasteiger partial charge is 0.193 e. The summed E-state index contributed by atoms with van der Waals surface area (Å²) in [4.78, 5) is 6.50. The maximum atomic E-state index is 4.36. The topological polar surface area (TPSA) is 58.3 Å². The largest absolute Gasteiger partial charge is 0.356 e. The van der Waals surface area contributed by atoms with Crippen LogP contribution in [0.4, 0.5) is 0 Å². The molecule has 2 aromatic rings. The van der Waals surface area contributed by atoms with Gasteiger partial charge in [0.05, 0.1) is 0 Å². The molecule has 0 aliphatic rings. The zero-order valence-corrected chi connectivity index (χ0v) is 17.0. The number of aryl methyl sites for hydroxylation is 2. The van der Waals surface area contributed by atoms with E-state index in [1.165, 1.54) is 11.1 Å². The van der Waals surface area contributed by atoms with Crippen molar-refractivity contribution >= 4 is 29.9 Å². The second-order valence-electron chi connectivity index (χ2n) is 5.72. The van der Waals surface area contributed by atoms with Gasteiger partial charge in [-0.05, 0) is 25.3 Å². The third kappa shape index (κ3) is 6.86.